The van der Waals surface area contributed by atoms with Gasteiger partial charge in [-0.3, -0.25) is 4.90 Å². The Morgan fingerprint density at radius 2 is 2.24 bits per heavy atom. The zero-order chi connectivity index (χ0) is 15.8. The molecule has 8 nitrogen and oxygen atoms in total. The molecule has 0 aliphatic carbocycles. The van der Waals surface area contributed by atoms with Crippen molar-refractivity contribution < 1.29 is 24.4 Å². The van der Waals surface area contributed by atoms with E-state index in [2.05, 4.69) is 11.6 Å². The van der Waals surface area contributed by atoms with Gasteiger partial charge in [-0.1, -0.05) is 6.58 Å². The van der Waals surface area contributed by atoms with E-state index in [9.17, 15) is 25.0 Å². The van der Waals surface area contributed by atoms with E-state index in [0.717, 1.165) is 4.90 Å². The first-order chi connectivity index (χ1) is 9.86. The number of alkyl halides is 1. The van der Waals surface area contributed by atoms with E-state index < -0.39 is 36.8 Å². The summed E-state index contributed by atoms with van der Waals surface area (Å²) in [5.74, 6) is 0.0895. The van der Waals surface area contributed by atoms with Crippen LogP contribution in [0.3, 0.4) is 0 Å². The predicted molar refractivity (Wildman–Crippen MR) is 69.0 cm³/mol. The zero-order valence-electron chi connectivity index (χ0n) is 11.0. The van der Waals surface area contributed by atoms with Crippen LogP contribution in [0.4, 0.5) is 4.39 Å². The molecule has 0 radical (unpaired) electrons. The minimum atomic E-state index is -2.17. The fraction of sp³-hybridized carbons (Fsp3) is 0.500. The number of nitrogens with two attached hydrogens (primary N) is 1. The predicted octanol–water partition coefficient (Wildman–Crippen LogP) is -1.68. The summed E-state index contributed by atoms with van der Waals surface area (Å²) in [5.41, 5.74) is 1.20. The van der Waals surface area contributed by atoms with Crippen molar-refractivity contribution >= 4 is 5.84 Å². The van der Waals surface area contributed by atoms with E-state index in [0.29, 0.717) is 0 Å². The zero-order valence-corrected chi connectivity index (χ0v) is 11.0. The lowest BCUT2D eigenvalue weighted by Crippen LogP contribution is -2.53. The topological polar surface area (TPSA) is 135 Å². The second-order valence-electron chi connectivity index (χ2n) is 4.80. The maximum absolute atomic E-state index is 13.2. The van der Waals surface area contributed by atoms with Gasteiger partial charge in [0.25, 0.3) is 5.72 Å². The van der Waals surface area contributed by atoms with E-state index >= 15 is 0 Å². The van der Waals surface area contributed by atoms with Crippen molar-refractivity contribution in [1.82, 2.24) is 4.90 Å². The van der Waals surface area contributed by atoms with Gasteiger partial charge in [-0.15, -0.1) is 0 Å². The smallest absolute Gasteiger partial charge is 0.265 e. The lowest BCUT2D eigenvalue weighted by atomic mass is 9.94. The monoisotopic (exact) mass is 298 g/mol. The van der Waals surface area contributed by atoms with Gasteiger partial charge in [-0.25, -0.2) is 9.38 Å². The number of nitrogens with zero attached hydrogens (tertiary/aromatic N) is 3. The Hall–Kier alpha value is -1.99. The van der Waals surface area contributed by atoms with Crippen LogP contribution < -0.4 is 5.73 Å². The molecule has 21 heavy (non-hydrogen) atoms. The van der Waals surface area contributed by atoms with Crippen molar-refractivity contribution in [2.45, 2.75) is 23.5 Å². The van der Waals surface area contributed by atoms with Crippen LogP contribution in [0, 0.1) is 11.3 Å². The number of ether oxygens (including phenoxy) is 1. The Labute approximate surface area is 119 Å². The molecule has 2 rings (SSSR count). The Balaban J connectivity index is 2.47. The van der Waals surface area contributed by atoms with Crippen molar-refractivity contribution in [3.8, 4) is 6.07 Å². The van der Waals surface area contributed by atoms with Gasteiger partial charge in [-0.2, -0.15) is 5.26 Å². The normalized spacial score (nSPS) is 39.3. The van der Waals surface area contributed by atoms with Crippen molar-refractivity contribution in [3.63, 3.8) is 0 Å². The molecule has 0 spiro atoms. The van der Waals surface area contributed by atoms with Crippen LogP contribution in [0.25, 0.3) is 0 Å². The lowest BCUT2D eigenvalue weighted by molar-refractivity contribution is -0.174. The van der Waals surface area contributed by atoms with Crippen LogP contribution in [0.1, 0.15) is 0 Å². The molecule has 9 heteroatoms. The molecule has 2 aliphatic rings. The Kier molecular flexibility index (Phi) is 3.73. The number of aliphatic hydroxyl groups excluding tert-OH is 3. The molecular weight excluding hydrogens is 283 g/mol. The summed E-state index contributed by atoms with van der Waals surface area (Å²) >= 11 is 0. The summed E-state index contributed by atoms with van der Waals surface area (Å²) in [6.07, 6.45) is -1.03. The standard InChI is InChI=1S/C12H15FN4O4/c1-7-16-8(15)2-3-17(7)12(5-14)10(20)9(19)11(4-13,6-18)21-12/h2-3,9-10,18-20H,1,4,6H2,(H2,15,16)/t9-,10+,11+,12+/m0/s1. The highest BCUT2D eigenvalue weighted by atomic mass is 19.1. The molecular formula is C12H15FN4O4. The van der Waals surface area contributed by atoms with Crippen molar-refractivity contribution in [2.75, 3.05) is 13.3 Å². The SMILES string of the molecule is C=C1N=C(N)C=CN1[C@]1(C#N)O[C@@](CO)(CF)[C@@H](O)[C@H]1O. The minimum Gasteiger partial charge on any atom is -0.393 e. The van der Waals surface area contributed by atoms with Crippen molar-refractivity contribution in [2.24, 2.45) is 10.7 Å². The van der Waals surface area contributed by atoms with Gasteiger partial charge in [0.2, 0.25) is 0 Å². The first-order valence-electron chi connectivity index (χ1n) is 6.02. The minimum absolute atomic E-state index is 0.0320. The highest BCUT2D eigenvalue weighted by molar-refractivity contribution is 5.92. The molecule has 5 N–H and O–H groups in total. The van der Waals surface area contributed by atoms with Gasteiger partial charge in [0.1, 0.15) is 36.6 Å². The van der Waals surface area contributed by atoms with Gasteiger partial charge in [-0.05, 0) is 6.08 Å². The molecule has 2 heterocycles. The molecule has 1 saturated heterocycles. The molecule has 0 aromatic carbocycles. The molecule has 0 unspecified atom stereocenters. The largest absolute Gasteiger partial charge is 0.393 e. The van der Waals surface area contributed by atoms with Gasteiger partial charge in [0, 0.05) is 6.20 Å². The quantitative estimate of drug-likeness (QED) is 0.488. The van der Waals surface area contributed by atoms with Crippen molar-refractivity contribution in [1.29, 1.82) is 5.26 Å². The fourth-order valence-electron chi connectivity index (χ4n) is 2.32. The number of rotatable bonds is 3. The summed E-state index contributed by atoms with van der Waals surface area (Å²) in [7, 11) is 0. The van der Waals surface area contributed by atoms with Gasteiger partial charge in [0.15, 0.2) is 5.60 Å². The number of amidine groups is 1. The van der Waals surface area contributed by atoms with Crippen LogP contribution in [-0.4, -0.2) is 62.9 Å². The molecule has 2 aliphatic heterocycles. The van der Waals surface area contributed by atoms with E-state index in [1.807, 2.05) is 0 Å². The molecule has 0 bridgehead atoms. The Morgan fingerprint density at radius 3 is 2.67 bits per heavy atom. The van der Waals surface area contributed by atoms with E-state index in [1.165, 1.54) is 12.3 Å². The molecule has 0 saturated carbocycles. The van der Waals surface area contributed by atoms with Crippen LogP contribution in [0.15, 0.2) is 29.7 Å². The van der Waals surface area contributed by atoms with Crippen LogP contribution >= 0.6 is 0 Å². The number of halogens is 1. The summed E-state index contributed by atoms with van der Waals surface area (Å²) in [5, 5.41) is 38.9. The van der Waals surface area contributed by atoms with Gasteiger partial charge < -0.3 is 25.8 Å². The number of hydrogen-bond acceptors (Lipinski definition) is 8. The van der Waals surface area contributed by atoms with Gasteiger partial charge >= 0.3 is 0 Å². The number of aliphatic hydroxyl groups is 3. The second kappa shape index (κ2) is 5.09. The first kappa shape index (κ1) is 15.4. The maximum atomic E-state index is 13.2. The fourth-order valence-corrected chi connectivity index (χ4v) is 2.32. The highest BCUT2D eigenvalue weighted by Crippen LogP contribution is 2.42. The summed E-state index contributed by atoms with van der Waals surface area (Å²) in [6.45, 7) is 1.36. The number of hydrogen-bond donors (Lipinski definition) is 4. The summed E-state index contributed by atoms with van der Waals surface area (Å²) in [4.78, 5) is 4.85. The number of aliphatic imine (C=N–C) groups is 1. The third-order valence-electron chi connectivity index (χ3n) is 3.54. The van der Waals surface area contributed by atoms with Crippen LogP contribution in [0.2, 0.25) is 0 Å². The highest BCUT2D eigenvalue weighted by Gasteiger charge is 2.65. The van der Waals surface area contributed by atoms with E-state index in [1.54, 1.807) is 6.07 Å². The molecule has 4 atom stereocenters. The van der Waals surface area contributed by atoms with Crippen LogP contribution in [-0.2, 0) is 4.74 Å². The third-order valence-corrected chi connectivity index (χ3v) is 3.54. The molecule has 114 valence electrons. The molecule has 0 amide bonds. The lowest BCUT2D eigenvalue weighted by Gasteiger charge is -2.37. The van der Waals surface area contributed by atoms with Crippen molar-refractivity contribution in [3.05, 3.63) is 24.7 Å². The van der Waals surface area contributed by atoms with E-state index in [-0.39, 0.29) is 11.7 Å². The molecule has 1 fully saturated rings. The molecule has 0 aromatic heterocycles. The summed E-state index contributed by atoms with van der Waals surface area (Å²) in [6, 6.07) is 1.69. The molecule has 0 aromatic rings. The average molecular weight is 298 g/mol. The first-order valence-corrected chi connectivity index (χ1v) is 6.02. The van der Waals surface area contributed by atoms with Gasteiger partial charge in [0.05, 0.1) is 6.61 Å². The Bertz CT molecular complexity index is 554. The third kappa shape index (κ3) is 2.00. The summed E-state index contributed by atoms with van der Waals surface area (Å²) < 4.78 is 18.5. The Morgan fingerprint density at radius 1 is 1.57 bits per heavy atom. The maximum Gasteiger partial charge on any atom is 0.265 e. The second-order valence-corrected chi connectivity index (χ2v) is 4.80. The average Bonchev–Trinajstić information content (AvgIpc) is 2.70. The van der Waals surface area contributed by atoms with E-state index in [4.69, 9.17) is 10.5 Å². The van der Waals surface area contributed by atoms with Crippen LogP contribution in [0.5, 0.6) is 0 Å². The number of nitriles is 1.